The molecule has 0 heterocycles. The quantitative estimate of drug-likeness (QED) is 0.502. The van der Waals surface area contributed by atoms with Gasteiger partial charge in [-0.3, -0.25) is 0 Å². The van der Waals surface area contributed by atoms with E-state index in [2.05, 4.69) is 18.2 Å². The van der Waals surface area contributed by atoms with Crippen LogP contribution in [0.4, 0.5) is 0 Å². The van der Waals surface area contributed by atoms with Crippen molar-refractivity contribution in [1.82, 2.24) is 0 Å². The summed E-state index contributed by atoms with van der Waals surface area (Å²) in [5, 5.41) is 8.47. The Hall–Kier alpha value is -0.820. The Morgan fingerprint density at radius 2 is 2.33 bits per heavy atom. The first-order chi connectivity index (χ1) is 5.93. The van der Waals surface area contributed by atoms with Gasteiger partial charge >= 0.3 is 0 Å². The number of hydrogen-bond acceptors (Lipinski definition) is 1. The normalized spacial score (nSPS) is 24.2. The molecule has 0 amide bonds. The first kappa shape index (κ1) is 9.27. The average Bonchev–Trinajstić information content (AvgIpc) is 2.14. The van der Waals surface area contributed by atoms with Crippen LogP contribution in [0, 0.1) is 5.92 Å². The number of hydrogen-bond donors (Lipinski definition) is 1. The van der Waals surface area contributed by atoms with Crippen molar-refractivity contribution in [3.8, 4) is 0 Å². The zero-order valence-corrected chi connectivity index (χ0v) is 7.32. The van der Waals surface area contributed by atoms with Gasteiger partial charge in [0.15, 0.2) is 0 Å². The minimum Gasteiger partial charge on any atom is -0.392 e. The van der Waals surface area contributed by atoms with Crippen LogP contribution in [0.25, 0.3) is 0 Å². The molecule has 1 aliphatic rings. The van der Waals surface area contributed by atoms with Crippen LogP contribution in [0.2, 0.25) is 0 Å². The van der Waals surface area contributed by atoms with Crippen LogP contribution in [-0.4, -0.2) is 11.7 Å². The lowest BCUT2D eigenvalue weighted by molar-refractivity contribution is 0.343. The molecule has 0 fully saturated rings. The summed E-state index contributed by atoms with van der Waals surface area (Å²) >= 11 is 0. The SMILES string of the molecule is OCC=CC=CC1C=CCCC1. The van der Waals surface area contributed by atoms with Gasteiger partial charge in [0.05, 0.1) is 6.61 Å². The minimum atomic E-state index is 0.130. The van der Waals surface area contributed by atoms with Gasteiger partial charge in [-0.25, -0.2) is 0 Å². The van der Waals surface area contributed by atoms with Gasteiger partial charge in [-0.1, -0.05) is 36.5 Å². The van der Waals surface area contributed by atoms with Crippen molar-refractivity contribution in [3.63, 3.8) is 0 Å². The molecule has 1 nitrogen and oxygen atoms in total. The average molecular weight is 164 g/mol. The summed E-state index contributed by atoms with van der Waals surface area (Å²) in [4.78, 5) is 0. The van der Waals surface area contributed by atoms with E-state index >= 15 is 0 Å². The first-order valence-electron chi connectivity index (χ1n) is 4.54. The highest BCUT2D eigenvalue weighted by atomic mass is 16.2. The molecule has 12 heavy (non-hydrogen) atoms. The van der Waals surface area contributed by atoms with Crippen LogP contribution in [0.3, 0.4) is 0 Å². The van der Waals surface area contributed by atoms with Crippen molar-refractivity contribution in [2.75, 3.05) is 6.61 Å². The van der Waals surface area contributed by atoms with Crippen LogP contribution in [-0.2, 0) is 0 Å². The molecule has 0 saturated heterocycles. The minimum absolute atomic E-state index is 0.130. The van der Waals surface area contributed by atoms with Gasteiger partial charge < -0.3 is 5.11 Å². The Balaban J connectivity index is 2.29. The van der Waals surface area contributed by atoms with Gasteiger partial charge in [0.1, 0.15) is 0 Å². The molecule has 1 unspecified atom stereocenters. The van der Waals surface area contributed by atoms with E-state index in [-0.39, 0.29) is 6.61 Å². The lowest BCUT2D eigenvalue weighted by atomic mass is 9.96. The zero-order chi connectivity index (χ0) is 8.65. The second-order valence-electron chi connectivity index (χ2n) is 3.02. The van der Waals surface area contributed by atoms with Crippen molar-refractivity contribution >= 4 is 0 Å². The fraction of sp³-hybridized carbons (Fsp3) is 0.455. The largest absolute Gasteiger partial charge is 0.392 e. The summed E-state index contributed by atoms with van der Waals surface area (Å²) in [7, 11) is 0. The molecule has 1 rings (SSSR count). The van der Waals surface area contributed by atoms with Crippen LogP contribution in [0.1, 0.15) is 19.3 Å². The lowest BCUT2D eigenvalue weighted by Crippen LogP contribution is -1.95. The third kappa shape index (κ3) is 3.54. The van der Waals surface area contributed by atoms with Gasteiger partial charge in [0, 0.05) is 0 Å². The summed E-state index contributed by atoms with van der Waals surface area (Å²) in [5.41, 5.74) is 0. The van der Waals surface area contributed by atoms with E-state index in [9.17, 15) is 0 Å². The Morgan fingerprint density at radius 1 is 1.42 bits per heavy atom. The van der Waals surface area contributed by atoms with E-state index in [1.807, 2.05) is 12.2 Å². The molecule has 0 spiro atoms. The van der Waals surface area contributed by atoms with Gasteiger partial charge in [0.25, 0.3) is 0 Å². The first-order valence-corrected chi connectivity index (χ1v) is 4.54. The molecule has 0 aromatic rings. The Labute approximate surface area is 74.1 Å². The molecule has 66 valence electrons. The molecular formula is C11H16O. The highest BCUT2D eigenvalue weighted by Crippen LogP contribution is 2.17. The molecule has 0 saturated carbocycles. The Kier molecular flexibility index (Phi) is 4.47. The Morgan fingerprint density at radius 3 is 3.00 bits per heavy atom. The summed E-state index contributed by atoms with van der Waals surface area (Å²) < 4.78 is 0. The lowest BCUT2D eigenvalue weighted by Gasteiger charge is -2.10. The Bertz CT molecular complexity index is 189. The molecule has 1 atom stereocenters. The molecule has 1 heteroatoms. The predicted molar refractivity (Wildman–Crippen MR) is 51.8 cm³/mol. The van der Waals surface area contributed by atoms with Crippen LogP contribution in [0.5, 0.6) is 0 Å². The monoisotopic (exact) mass is 164 g/mol. The van der Waals surface area contributed by atoms with Gasteiger partial charge in [-0.15, -0.1) is 0 Å². The predicted octanol–water partition coefficient (Wildman–Crippen LogP) is 2.45. The number of aliphatic hydroxyl groups excluding tert-OH is 1. The standard InChI is InChI=1S/C11H16O/c12-10-6-2-5-9-11-7-3-1-4-8-11/h2-3,5-7,9,11-12H,1,4,8,10H2. The van der Waals surface area contributed by atoms with Gasteiger partial charge in [-0.05, 0) is 25.2 Å². The van der Waals surface area contributed by atoms with Crippen LogP contribution in [0.15, 0.2) is 36.5 Å². The maximum atomic E-state index is 8.47. The van der Waals surface area contributed by atoms with E-state index in [0.29, 0.717) is 5.92 Å². The zero-order valence-electron chi connectivity index (χ0n) is 7.32. The molecule has 0 aromatic heterocycles. The van der Waals surface area contributed by atoms with E-state index in [1.54, 1.807) is 6.08 Å². The third-order valence-electron chi connectivity index (χ3n) is 2.00. The fourth-order valence-electron chi connectivity index (χ4n) is 1.35. The molecule has 1 aliphatic carbocycles. The molecule has 0 radical (unpaired) electrons. The maximum Gasteiger partial charge on any atom is 0.0615 e. The summed E-state index contributed by atoms with van der Waals surface area (Å²) in [6, 6.07) is 0. The molecule has 1 N–H and O–H groups in total. The van der Waals surface area contributed by atoms with E-state index in [4.69, 9.17) is 5.11 Å². The van der Waals surface area contributed by atoms with Crippen molar-refractivity contribution in [1.29, 1.82) is 0 Å². The van der Waals surface area contributed by atoms with Crippen molar-refractivity contribution < 1.29 is 5.11 Å². The fourth-order valence-corrected chi connectivity index (χ4v) is 1.35. The smallest absolute Gasteiger partial charge is 0.0615 e. The summed E-state index contributed by atoms with van der Waals surface area (Å²) in [6.07, 6.45) is 16.1. The second-order valence-corrected chi connectivity index (χ2v) is 3.02. The number of rotatable bonds is 3. The second kappa shape index (κ2) is 5.78. The van der Waals surface area contributed by atoms with Crippen molar-refractivity contribution in [2.24, 2.45) is 5.92 Å². The van der Waals surface area contributed by atoms with Gasteiger partial charge in [-0.2, -0.15) is 0 Å². The van der Waals surface area contributed by atoms with Gasteiger partial charge in [0.2, 0.25) is 0 Å². The molecule has 0 bridgehead atoms. The van der Waals surface area contributed by atoms with Crippen LogP contribution < -0.4 is 0 Å². The van der Waals surface area contributed by atoms with Crippen molar-refractivity contribution in [3.05, 3.63) is 36.5 Å². The molecular weight excluding hydrogens is 148 g/mol. The maximum absolute atomic E-state index is 8.47. The highest BCUT2D eigenvalue weighted by Gasteiger charge is 2.02. The number of allylic oxidation sites excluding steroid dienone is 5. The third-order valence-corrected chi connectivity index (χ3v) is 2.00. The highest BCUT2D eigenvalue weighted by molar-refractivity contribution is 5.09. The number of aliphatic hydroxyl groups is 1. The van der Waals surface area contributed by atoms with Crippen LogP contribution >= 0.6 is 0 Å². The van der Waals surface area contributed by atoms with E-state index < -0.39 is 0 Å². The van der Waals surface area contributed by atoms with Crippen molar-refractivity contribution in [2.45, 2.75) is 19.3 Å². The summed E-state index contributed by atoms with van der Waals surface area (Å²) in [5.74, 6) is 0.613. The molecule has 0 aliphatic heterocycles. The molecule has 0 aromatic carbocycles. The summed E-state index contributed by atoms with van der Waals surface area (Å²) in [6.45, 7) is 0.130. The van der Waals surface area contributed by atoms with E-state index in [0.717, 1.165) is 0 Å². The van der Waals surface area contributed by atoms with E-state index in [1.165, 1.54) is 19.3 Å². The topological polar surface area (TPSA) is 20.2 Å².